The van der Waals surface area contributed by atoms with Gasteiger partial charge in [-0.2, -0.15) is 0 Å². The van der Waals surface area contributed by atoms with E-state index < -0.39 is 5.25 Å². The highest BCUT2D eigenvalue weighted by molar-refractivity contribution is 8.00. The third kappa shape index (κ3) is 3.58. The third-order valence-electron chi connectivity index (χ3n) is 5.21. The normalized spacial score (nSPS) is 19.5. The number of hydrogen-bond donors (Lipinski definition) is 1. The van der Waals surface area contributed by atoms with Crippen molar-refractivity contribution < 1.29 is 4.79 Å². The van der Waals surface area contributed by atoms with Gasteiger partial charge in [0, 0.05) is 19.1 Å². The maximum absolute atomic E-state index is 12.1. The minimum absolute atomic E-state index is 0.347. The molecule has 2 N–H and O–H groups in total. The number of thioether (sulfide) groups is 1. The number of aromatic nitrogens is 3. The number of piperidine rings is 1. The lowest BCUT2D eigenvalue weighted by Gasteiger charge is -2.31. The Balaban J connectivity index is 1.61. The Morgan fingerprint density at radius 2 is 1.85 bits per heavy atom. The molecule has 138 valence electrons. The largest absolute Gasteiger partial charge is 0.368 e. The summed E-state index contributed by atoms with van der Waals surface area (Å²) in [4.78, 5) is 14.4. The van der Waals surface area contributed by atoms with Crippen LogP contribution in [-0.4, -0.2) is 33.8 Å². The standard InChI is InChI=1S/C19H25N5OS/c1-13-9-11-23(12-10-13)18-21-22-19(24(18)15-7-8-15)26-16(17(20)25)14-5-3-2-4-6-14/h2-6,13,15-16H,7-12H2,1H3,(H2,20,25). The minimum atomic E-state index is -0.452. The van der Waals surface area contributed by atoms with Crippen LogP contribution in [0.3, 0.4) is 0 Å². The molecule has 1 amide bonds. The van der Waals surface area contributed by atoms with E-state index in [0.717, 1.165) is 48.5 Å². The number of primary amides is 1. The van der Waals surface area contributed by atoms with Gasteiger partial charge in [-0.05, 0) is 37.2 Å². The van der Waals surface area contributed by atoms with Gasteiger partial charge in [-0.1, -0.05) is 49.0 Å². The lowest BCUT2D eigenvalue weighted by atomic mass is 10.00. The molecule has 1 aromatic heterocycles. The van der Waals surface area contributed by atoms with E-state index in [1.165, 1.54) is 24.6 Å². The Labute approximate surface area is 158 Å². The molecular formula is C19H25N5OS. The van der Waals surface area contributed by atoms with Crippen molar-refractivity contribution in [3.05, 3.63) is 35.9 Å². The number of rotatable bonds is 6. The minimum Gasteiger partial charge on any atom is -0.368 e. The molecule has 4 rings (SSSR count). The first-order valence-corrected chi connectivity index (χ1v) is 10.2. The van der Waals surface area contributed by atoms with Crippen LogP contribution < -0.4 is 10.6 Å². The number of carbonyl (C=O) groups excluding carboxylic acids is 1. The van der Waals surface area contributed by atoms with Crippen molar-refractivity contribution in [3.63, 3.8) is 0 Å². The topological polar surface area (TPSA) is 77.0 Å². The zero-order valence-corrected chi connectivity index (χ0v) is 15.9. The Morgan fingerprint density at radius 3 is 2.46 bits per heavy atom. The zero-order valence-electron chi connectivity index (χ0n) is 15.0. The molecule has 1 unspecified atom stereocenters. The van der Waals surface area contributed by atoms with E-state index in [0.29, 0.717) is 6.04 Å². The average molecular weight is 372 g/mol. The second kappa shape index (κ2) is 7.31. The lowest BCUT2D eigenvalue weighted by Crippen LogP contribution is -2.34. The van der Waals surface area contributed by atoms with E-state index in [4.69, 9.17) is 5.73 Å². The molecule has 1 aliphatic heterocycles. The van der Waals surface area contributed by atoms with Crippen molar-refractivity contribution >= 4 is 23.6 Å². The first-order valence-electron chi connectivity index (χ1n) is 9.34. The van der Waals surface area contributed by atoms with Crippen LogP contribution in [0.15, 0.2) is 35.5 Å². The summed E-state index contributed by atoms with van der Waals surface area (Å²) < 4.78 is 2.24. The van der Waals surface area contributed by atoms with Crippen LogP contribution in [0, 0.1) is 5.92 Å². The Hall–Kier alpha value is -2.02. The van der Waals surface area contributed by atoms with Crippen molar-refractivity contribution in [2.75, 3.05) is 18.0 Å². The SMILES string of the molecule is CC1CCN(c2nnc(SC(C(N)=O)c3ccccc3)n2C2CC2)CC1. The number of hydrogen-bond acceptors (Lipinski definition) is 5. The molecule has 1 atom stereocenters. The van der Waals surface area contributed by atoms with Crippen molar-refractivity contribution in [2.45, 2.75) is 49.1 Å². The van der Waals surface area contributed by atoms with Gasteiger partial charge < -0.3 is 10.6 Å². The molecule has 26 heavy (non-hydrogen) atoms. The number of amides is 1. The summed E-state index contributed by atoms with van der Waals surface area (Å²) in [6, 6.07) is 10.1. The van der Waals surface area contributed by atoms with Crippen LogP contribution in [0.4, 0.5) is 5.95 Å². The molecule has 1 aromatic carbocycles. The summed E-state index contributed by atoms with van der Waals surface area (Å²) in [5.41, 5.74) is 6.60. The highest BCUT2D eigenvalue weighted by atomic mass is 32.2. The summed E-state index contributed by atoms with van der Waals surface area (Å²) in [5.74, 6) is 1.38. The van der Waals surface area contributed by atoms with Crippen LogP contribution in [-0.2, 0) is 4.79 Å². The molecule has 0 bridgehead atoms. The van der Waals surface area contributed by atoms with Crippen molar-refractivity contribution in [3.8, 4) is 0 Å². The Kier molecular flexibility index (Phi) is 4.89. The number of carbonyl (C=O) groups is 1. The highest BCUT2D eigenvalue weighted by Gasteiger charge is 2.34. The molecule has 2 aromatic rings. The van der Waals surface area contributed by atoms with Crippen molar-refractivity contribution in [1.82, 2.24) is 14.8 Å². The van der Waals surface area contributed by atoms with Crippen molar-refractivity contribution in [2.24, 2.45) is 11.7 Å². The number of nitrogens with zero attached hydrogens (tertiary/aromatic N) is 4. The fraction of sp³-hybridized carbons (Fsp3) is 0.526. The molecule has 1 aliphatic carbocycles. The van der Waals surface area contributed by atoms with Gasteiger partial charge >= 0.3 is 0 Å². The molecule has 2 heterocycles. The Morgan fingerprint density at radius 1 is 1.15 bits per heavy atom. The smallest absolute Gasteiger partial charge is 0.235 e. The number of benzene rings is 1. The molecule has 1 saturated carbocycles. The molecule has 1 saturated heterocycles. The second-order valence-electron chi connectivity index (χ2n) is 7.36. The molecular weight excluding hydrogens is 346 g/mol. The summed E-state index contributed by atoms with van der Waals surface area (Å²) in [5, 5.41) is 9.29. The van der Waals surface area contributed by atoms with E-state index in [1.807, 2.05) is 30.3 Å². The molecule has 7 heteroatoms. The Bertz CT molecular complexity index is 765. The fourth-order valence-electron chi connectivity index (χ4n) is 3.45. The van der Waals surface area contributed by atoms with E-state index in [2.05, 4.69) is 26.6 Å². The monoisotopic (exact) mass is 371 g/mol. The van der Waals surface area contributed by atoms with Crippen LogP contribution in [0.5, 0.6) is 0 Å². The summed E-state index contributed by atoms with van der Waals surface area (Å²) in [7, 11) is 0. The van der Waals surface area contributed by atoms with Gasteiger partial charge in [0.25, 0.3) is 0 Å². The first-order chi connectivity index (χ1) is 12.6. The van der Waals surface area contributed by atoms with Crippen LogP contribution >= 0.6 is 11.8 Å². The number of nitrogens with two attached hydrogens (primary N) is 1. The first kappa shape index (κ1) is 17.4. The summed E-state index contributed by atoms with van der Waals surface area (Å²) in [6.07, 6.45) is 4.67. The second-order valence-corrected chi connectivity index (χ2v) is 8.44. The number of anilines is 1. The van der Waals surface area contributed by atoms with Gasteiger partial charge in [-0.15, -0.1) is 10.2 Å². The van der Waals surface area contributed by atoms with E-state index >= 15 is 0 Å². The van der Waals surface area contributed by atoms with E-state index in [1.54, 1.807) is 0 Å². The predicted molar refractivity (Wildman–Crippen MR) is 103 cm³/mol. The molecule has 6 nitrogen and oxygen atoms in total. The van der Waals surface area contributed by atoms with Crippen molar-refractivity contribution in [1.29, 1.82) is 0 Å². The maximum atomic E-state index is 12.1. The van der Waals surface area contributed by atoms with E-state index in [-0.39, 0.29) is 5.91 Å². The van der Waals surface area contributed by atoms with Gasteiger partial charge in [-0.3, -0.25) is 9.36 Å². The van der Waals surface area contributed by atoms with E-state index in [9.17, 15) is 4.79 Å². The quantitative estimate of drug-likeness (QED) is 0.789. The molecule has 2 fully saturated rings. The molecule has 2 aliphatic rings. The van der Waals surface area contributed by atoms with Crippen LogP contribution in [0.25, 0.3) is 0 Å². The maximum Gasteiger partial charge on any atom is 0.235 e. The van der Waals surface area contributed by atoms with Crippen LogP contribution in [0.2, 0.25) is 0 Å². The summed E-state index contributed by atoms with van der Waals surface area (Å²) >= 11 is 1.42. The summed E-state index contributed by atoms with van der Waals surface area (Å²) in [6.45, 7) is 4.35. The predicted octanol–water partition coefficient (Wildman–Crippen LogP) is 3.17. The zero-order chi connectivity index (χ0) is 18.1. The van der Waals surface area contributed by atoms with Gasteiger partial charge in [0.15, 0.2) is 5.16 Å². The van der Waals surface area contributed by atoms with Gasteiger partial charge in [0.05, 0.1) is 0 Å². The average Bonchev–Trinajstić information content (AvgIpc) is 3.40. The third-order valence-corrected chi connectivity index (χ3v) is 6.44. The van der Waals surface area contributed by atoms with Gasteiger partial charge in [0.1, 0.15) is 5.25 Å². The highest BCUT2D eigenvalue weighted by Crippen LogP contribution is 2.44. The fourth-order valence-corrected chi connectivity index (χ4v) is 4.50. The molecule has 0 radical (unpaired) electrons. The van der Waals surface area contributed by atoms with Gasteiger partial charge in [0.2, 0.25) is 11.9 Å². The molecule has 0 spiro atoms. The van der Waals surface area contributed by atoms with Crippen LogP contribution in [0.1, 0.15) is 49.5 Å². The lowest BCUT2D eigenvalue weighted by molar-refractivity contribution is -0.117. The van der Waals surface area contributed by atoms with Gasteiger partial charge in [-0.25, -0.2) is 0 Å².